The average molecular weight is 148 g/mol. The molecule has 0 bridgehead atoms. The highest BCUT2D eigenvalue weighted by Gasteiger charge is 2.00. The molecular formula is H6FO4PSi. The minimum Gasteiger partial charge on any atom is -0.327 e. The van der Waals surface area contributed by atoms with Crippen LogP contribution in [0.25, 0.3) is 0 Å². The largest absolute Gasteiger partial charge is 0.466 e. The predicted molar refractivity (Wildman–Crippen MR) is 25.3 cm³/mol. The number of hydrogen-bond acceptors (Lipinski definition) is 1. The topological polar surface area (TPSA) is 77.8 Å². The van der Waals surface area contributed by atoms with E-state index in [1.54, 1.807) is 0 Å². The Morgan fingerprint density at radius 2 is 1.29 bits per heavy atom. The Labute approximate surface area is 42.8 Å². The van der Waals surface area contributed by atoms with Crippen LogP contribution in [-0.2, 0) is 4.57 Å². The molecule has 0 heterocycles. The molecule has 46 valence electrons. The molecule has 0 rings (SSSR count). The molecule has 7 heteroatoms. The maximum atomic E-state index is 9.64. The lowest BCUT2D eigenvalue weighted by atomic mass is 15.8. The van der Waals surface area contributed by atoms with Gasteiger partial charge in [-0.15, -0.1) is 0 Å². The Balaban J connectivity index is 0. The number of rotatable bonds is 0. The summed E-state index contributed by atoms with van der Waals surface area (Å²) in [6, 6.07) is 0. The van der Waals surface area contributed by atoms with E-state index >= 15 is 0 Å². The van der Waals surface area contributed by atoms with Gasteiger partial charge in [0, 0.05) is 0 Å². The van der Waals surface area contributed by atoms with Gasteiger partial charge in [-0.05, 0) is 0 Å². The van der Waals surface area contributed by atoms with E-state index in [1.165, 1.54) is 0 Å². The summed E-state index contributed by atoms with van der Waals surface area (Å²) in [6.07, 6.45) is 0. The van der Waals surface area contributed by atoms with Gasteiger partial charge in [0.1, 0.15) is 0 Å². The third kappa shape index (κ3) is 1720. The highest BCUT2D eigenvalue weighted by molar-refractivity contribution is 7.45. The third-order valence-corrected chi connectivity index (χ3v) is 0. The molecule has 0 aliphatic heterocycles. The van der Waals surface area contributed by atoms with Gasteiger partial charge >= 0.3 is 7.82 Å². The Bertz CT molecular complexity index is 57.8. The van der Waals surface area contributed by atoms with Gasteiger partial charge in [0.15, 0.2) is 0 Å². The van der Waals surface area contributed by atoms with Gasteiger partial charge in [0.05, 0.1) is 0 Å². The Morgan fingerprint density at radius 3 is 1.29 bits per heavy atom. The van der Waals surface area contributed by atoms with E-state index in [4.69, 9.17) is 19.2 Å². The van der Waals surface area contributed by atoms with Gasteiger partial charge in [-0.1, -0.05) is 0 Å². The fourth-order valence-corrected chi connectivity index (χ4v) is 0. The van der Waals surface area contributed by atoms with Crippen LogP contribution < -0.4 is 0 Å². The van der Waals surface area contributed by atoms with Gasteiger partial charge in [0.2, 0.25) is 10.6 Å². The summed E-state index contributed by atoms with van der Waals surface area (Å²) in [4.78, 5) is 21.6. The van der Waals surface area contributed by atoms with Crippen LogP contribution in [0, 0.1) is 0 Å². The molecule has 0 amide bonds. The molecule has 0 aliphatic carbocycles. The van der Waals surface area contributed by atoms with Crippen LogP contribution in [0.15, 0.2) is 0 Å². The second-order valence-corrected chi connectivity index (χ2v) is 1.54. The first-order valence-corrected chi connectivity index (χ1v) is 3.48. The summed E-state index contributed by atoms with van der Waals surface area (Å²) in [5, 5.41) is 0. The fraction of sp³-hybridized carbons (Fsp3) is 0. The van der Waals surface area contributed by atoms with Crippen molar-refractivity contribution in [2.45, 2.75) is 0 Å². The molecule has 0 aromatic rings. The van der Waals surface area contributed by atoms with Crippen molar-refractivity contribution in [2.75, 3.05) is 0 Å². The summed E-state index contributed by atoms with van der Waals surface area (Å²) >= 11 is 0. The van der Waals surface area contributed by atoms with Crippen molar-refractivity contribution in [3.63, 3.8) is 0 Å². The molecule has 4 nitrogen and oxygen atoms in total. The molecule has 0 saturated carbocycles. The van der Waals surface area contributed by atoms with Crippen molar-refractivity contribution >= 4 is 18.4 Å². The zero-order valence-corrected chi connectivity index (χ0v) is 6.47. The number of hydrogen-bond donors (Lipinski definition) is 3. The van der Waals surface area contributed by atoms with Crippen LogP contribution in [0.2, 0.25) is 0 Å². The SMILES string of the molecule is F[SiH3].O=P(O)(O)O. The lowest BCUT2D eigenvalue weighted by molar-refractivity contribution is 0.275. The van der Waals surface area contributed by atoms with Gasteiger partial charge in [-0.2, -0.15) is 0 Å². The van der Waals surface area contributed by atoms with E-state index in [1.807, 2.05) is 0 Å². The van der Waals surface area contributed by atoms with E-state index in [-0.39, 0.29) is 10.6 Å². The first-order chi connectivity index (χ1) is 3.00. The normalized spacial score (nSPS) is 9.71. The molecule has 0 fully saturated rings. The van der Waals surface area contributed by atoms with Crippen molar-refractivity contribution in [1.29, 1.82) is 0 Å². The molecule has 0 radical (unpaired) electrons. The minimum absolute atomic E-state index is 0.194. The first kappa shape index (κ1) is 10.3. The molecule has 3 N–H and O–H groups in total. The van der Waals surface area contributed by atoms with Crippen molar-refractivity contribution in [3.8, 4) is 0 Å². The zero-order chi connectivity index (χ0) is 6.50. The average Bonchev–Trinajstić information content (AvgIpc) is 1.36. The lowest BCUT2D eigenvalue weighted by Gasteiger charge is -1.82. The maximum Gasteiger partial charge on any atom is 0.466 e. The summed E-state index contributed by atoms with van der Waals surface area (Å²) in [5.74, 6) is 0. The molecule has 0 saturated heterocycles. The molecular weight excluding hydrogens is 142 g/mol. The number of phosphoric acid groups is 1. The highest BCUT2D eigenvalue weighted by Crippen LogP contribution is 2.25. The van der Waals surface area contributed by atoms with Gasteiger partial charge in [-0.25, -0.2) is 4.57 Å². The Kier molecular flexibility index (Phi) is 6.49. The molecule has 0 aromatic carbocycles. The van der Waals surface area contributed by atoms with Gasteiger partial charge in [0.25, 0.3) is 0 Å². The van der Waals surface area contributed by atoms with Crippen molar-refractivity contribution < 1.29 is 23.4 Å². The predicted octanol–water partition coefficient (Wildman–Crippen LogP) is -1.69. The zero-order valence-electron chi connectivity index (χ0n) is 3.58. The van der Waals surface area contributed by atoms with Crippen LogP contribution in [0.1, 0.15) is 0 Å². The van der Waals surface area contributed by atoms with Gasteiger partial charge < -0.3 is 18.8 Å². The second kappa shape index (κ2) is 4.42. The fourth-order valence-electron chi connectivity index (χ4n) is 0. The van der Waals surface area contributed by atoms with E-state index < -0.39 is 7.82 Å². The van der Waals surface area contributed by atoms with E-state index in [2.05, 4.69) is 0 Å². The number of halogens is 1. The molecule has 0 atom stereocenters. The van der Waals surface area contributed by atoms with Gasteiger partial charge in [-0.3, -0.25) is 0 Å². The summed E-state index contributed by atoms with van der Waals surface area (Å²) in [5.41, 5.74) is 0. The van der Waals surface area contributed by atoms with Crippen LogP contribution in [0.3, 0.4) is 0 Å². The van der Waals surface area contributed by atoms with Crippen LogP contribution in [-0.4, -0.2) is 25.3 Å². The van der Waals surface area contributed by atoms with E-state index in [0.717, 1.165) is 0 Å². The second-order valence-electron chi connectivity index (χ2n) is 0.513. The molecule has 0 unspecified atom stereocenters. The van der Waals surface area contributed by atoms with Crippen molar-refractivity contribution in [3.05, 3.63) is 0 Å². The monoisotopic (exact) mass is 148 g/mol. The standard InChI is InChI=1S/FH3Si.H3O4P/c1-2;1-5(2,3)4/h2H3;(H3,1,2,3,4). The quantitative estimate of drug-likeness (QED) is 0.217. The summed E-state index contributed by atoms with van der Waals surface area (Å²) in [7, 11) is -4.83. The van der Waals surface area contributed by atoms with E-state index in [0.29, 0.717) is 0 Å². The summed E-state index contributed by atoms with van der Waals surface area (Å²) in [6.45, 7) is 0. The summed E-state index contributed by atoms with van der Waals surface area (Å²) < 4.78 is 18.5. The smallest absolute Gasteiger partial charge is 0.327 e. The Morgan fingerprint density at radius 1 is 1.29 bits per heavy atom. The van der Waals surface area contributed by atoms with Crippen LogP contribution in [0.5, 0.6) is 0 Å². The van der Waals surface area contributed by atoms with Crippen molar-refractivity contribution in [1.82, 2.24) is 0 Å². The molecule has 0 spiro atoms. The molecule has 0 aromatic heterocycles. The molecule has 0 aliphatic rings. The minimum atomic E-state index is -4.64. The van der Waals surface area contributed by atoms with E-state index in [9.17, 15) is 4.11 Å². The molecule has 7 heavy (non-hydrogen) atoms. The first-order valence-electron chi connectivity index (χ1n) is 1.16. The van der Waals surface area contributed by atoms with Crippen LogP contribution in [0.4, 0.5) is 4.11 Å². The highest BCUT2D eigenvalue weighted by atomic mass is 31.2. The lowest BCUT2D eigenvalue weighted by Crippen LogP contribution is -1.66. The van der Waals surface area contributed by atoms with Crippen molar-refractivity contribution in [2.24, 2.45) is 0 Å². The maximum absolute atomic E-state index is 9.64. The third-order valence-electron chi connectivity index (χ3n) is 0. The Hall–Kier alpha value is 0.257. The van der Waals surface area contributed by atoms with Crippen LogP contribution >= 0.6 is 7.82 Å².